The molecule has 0 spiro atoms. The van der Waals surface area contributed by atoms with Gasteiger partial charge in [0.2, 0.25) is 0 Å². The summed E-state index contributed by atoms with van der Waals surface area (Å²) in [4.78, 5) is 2.73. The molecule has 0 N–H and O–H groups in total. The fourth-order valence-corrected chi connectivity index (χ4v) is 14.5. The third-order valence-corrected chi connectivity index (χ3v) is 18.3. The van der Waals surface area contributed by atoms with E-state index in [0.29, 0.717) is 12.0 Å². The summed E-state index contributed by atoms with van der Waals surface area (Å²) >= 11 is 5.32. The van der Waals surface area contributed by atoms with Gasteiger partial charge in [-0.2, -0.15) is 8.75 Å². The second-order valence-corrected chi connectivity index (χ2v) is 23.3. The van der Waals surface area contributed by atoms with Crippen LogP contribution in [0.1, 0.15) is 200 Å². The monoisotopic (exact) mass is 970 g/mol. The fourth-order valence-electron chi connectivity index (χ4n) is 11.6. The average molecular weight is 971 g/mol. The molecule has 0 radical (unpaired) electrons. The molecule has 366 valence electrons. The Morgan fingerprint density at radius 3 is 1.68 bits per heavy atom. The van der Waals surface area contributed by atoms with Crippen LogP contribution in [0.5, 0.6) is 0 Å². The largest absolute Gasteiger partial charge is 0.340 e. The van der Waals surface area contributed by atoms with Crippen molar-refractivity contribution in [1.29, 1.82) is 0 Å². The SMILES string of the molecule is C.CCCCCCCCC(CCCCCCCC)n1c2cc3c4sc(C)cc4n(CC(CC)CCCC)c3cc2c2cc3c(cc21)c1sc(-c2ccc(C)c4nsnc24)cc1n3CCCCCC. The number of hydrogen-bond donors (Lipinski definition) is 0. The molecule has 0 aliphatic heterocycles. The molecule has 1 atom stereocenters. The van der Waals surface area contributed by atoms with Crippen LogP contribution < -0.4 is 0 Å². The van der Waals surface area contributed by atoms with Gasteiger partial charge < -0.3 is 13.7 Å². The highest BCUT2D eigenvalue weighted by molar-refractivity contribution is 7.23. The Morgan fingerprint density at radius 2 is 1.04 bits per heavy atom. The van der Waals surface area contributed by atoms with Gasteiger partial charge in [-0.3, -0.25) is 0 Å². The van der Waals surface area contributed by atoms with Gasteiger partial charge in [0.15, 0.2) is 0 Å². The van der Waals surface area contributed by atoms with E-state index in [4.69, 9.17) is 8.75 Å². The van der Waals surface area contributed by atoms with Crippen LogP contribution in [0, 0.1) is 19.8 Å². The quantitative estimate of drug-likeness (QED) is 0.0482. The van der Waals surface area contributed by atoms with Crippen molar-refractivity contribution in [2.75, 3.05) is 0 Å². The molecule has 0 aliphatic rings. The molecule has 0 aliphatic carbocycles. The highest BCUT2D eigenvalue weighted by atomic mass is 32.1. The number of benzene rings is 3. The van der Waals surface area contributed by atoms with Crippen molar-refractivity contribution in [1.82, 2.24) is 22.4 Å². The number of rotatable bonds is 27. The van der Waals surface area contributed by atoms with E-state index in [1.54, 1.807) is 0 Å². The molecule has 3 aromatic carbocycles. The summed E-state index contributed by atoms with van der Waals surface area (Å²) in [6.07, 6.45) is 28.7. The Hall–Kier alpha value is -3.72. The molecule has 9 aromatic rings. The topological polar surface area (TPSA) is 40.6 Å². The van der Waals surface area contributed by atoms with E-state index in [1.165, 1.54) is 238 Å². The smallest absolute Gasteiger partial charge is 0.113 e. The molecule has 6 aromatic heterocycles. The lowest BCUT2D eigenvalue weighted by Gasteiger charge is -2.22. The second kappa shape index (κ2) is 23.5. The second-order valence-electron chi connectivity index (χ2n) is 20.4. The number of thiophene rings is 2. The Morgan fingerprint density at radius 1 is 0.500 bits per heavy atom. The van der Waals surface area contributed by atoms with Gasteiger partial charge >= 0.3 is 0 Å². The number of hydrogen-bond acceptors (Lipinski definition) is 5. The van der Waals surface area contributed by atoms with E-state index in [-0.39, 0.29) is 7.43 Å². The van der Waals surface area contributed by atoms with Crippen molar-refractivity contribution in [3.05, 3.63) is 59.0 Å². The minimum atomic E-state index is 0. The zero-order valence-corrected chi connectivity index (χ0v) is 44.7. The molecule has 0 saturated heterocycles. The van der Waals surface area contributed by atoms with Crippen molar-refractivity contribution >= 4 is 109 Å². The Bertz CT molecular complexity index is 3040. The summed E-state index contributed by atoms with van der Waals surface area (Å²) in [5.41, 5.74) is 13.1. The summed E-state index contributed by atoms with van der Waals surface area (Å²) < 4.78 is 20.8. The van der Waals surface area contributed by atoms with Gasteiger partial charge in [-0.25, -0.2) is 0 Å². The number of fused-ring (bicyclic) bond motifs is 10. The van der Waals surface area contributed by atoms with Gasteiger partial charge in [-0.1, -0.05) is 170 Å². The minimum Gasteiger partial charge on any atom is -0.340 e. The first-order chi connectivity index (χ1) is 32.9. The molecular formula is C60H83N5S3. The molecule has 6 heterocycles. The highest BCUT2D eigenvalue weighted by Gasteiger charge is 2.26. The lowest BCUT2D eigenvalue weighted by Crippen LogP contribution is -2.10. The molecule has 9 rings (SSSR count). The summed E-state index contributed by atoms with van der Waals surface area (Å²) in [7, 11) is 0. The first kappa shape index (κ1) is 50.7. The minimum absolute atomic E-state index is 0. The van der Waals surface area contributed by atoms with Crippen molar-refractivity contribution in [2.45, 2.75) is 216 Å². The van der Waals surface area contributed by atoms with Crippen LogP contribution in [-0.4, -0.2) is 22.4 Å². The van der Waals surface area contributed by atoms with Gasteiger partial charge in [0.25, 0.3) is 0 Å². The predicted molar refractivity (Wildman–Crippen MR) is 306 cm³/mol. The van der Waals surface area contributed by atoms with Crippen LogP contribution in [0.25, 0.3) is 85.5 Å². The average Bonchev–Trinajstić information content (AvgIpc) is 4.20. The molecule has 0 amide bonds. The number of unbranched alkanes of at least 4 members (excludes halogenated alkanes) is 14. The van der Waals surface area contributed by atoms with Crippen molar-refractivity contribution in [2.24, 2.45) is 5.92 Å². The third-order valence-electron chi connectivity index (χ3n) is 15.5. The zero-order chi connectivity index (χ0) is 46.4. The van der Waals surface area contributed by atoms with Gasteiger partial charge in [0.1, 0.15) is 11.0 Å². The maximum atomic E-state index is 4.86. The van der Waals surface area contributed by atoms with Crippen LogP contribution >= 0.6 is 34.4 Å². The summed E-state index contributed by atoms with van der Waals surface area (Å²) in [5.74, 6) is 0.686. The van der Waals surface area contributed by atoms with Gasteiger partial charge in [-0.15, -0.1) is 22.7 Å². The highest BCUT2D eigenvalue weighted by Crippen LogP contribution is 2.47. The lowest BCUT2D eigenvalue weighted by atomic mass is 9.99. The van der Waals surface area contributed by atoms with E-state index in [1.807, 2.05) is 22.7 Å². The molecule has 5 nitrogen and oxygen atoms in total. The Kier molecular flexibility index (Phi) is 17.5. The standard InChI is InChI=1S/C59H79N5S3.CH4/c1-8-13-17-20-22-24-28-43(29-25-23-21-18-14-9-2)64-51-36-47-49(62(32-26-19-15-10-3)54-38-55(66-59(47)54)44-31-30-40(6)56-57(44)61-67-60-56)34-45(51)46-35-50-48(37-52(46)64)58-53(33-41(7)65-58)63(50)39-42(12-5)27-16-11-4;/h30-31,33-38,42-43H,8-29,32,39H2,1-7H3;1H4. The van der Waals surface area contributed by atoms with Crippen molar-refractivity contribution in [3.63, 3.8) is 0 Å². The van der Waals surface area contributed by atoms with Gasteiger partial charge in [-0.05, 0) is 87.4 Å². The maximum absolute atomic E-state index is 4.86. The molecule has 8 heteroatoms. The number of aromatic nitrogens is 5. The maximum Gasteiger partial charge on any atom is 0.113 e. The molecule has 0 saturated carbocycles. The summed E-state index contributed by atoms with van der Waals surface area (Å²) in [6, 6.07) is 20.6. The van der Waals surface area contributed by atoms with Gasteiger partial charge in [0, 0.05) is 56.0 Å². The fraction of sp³-hybridized carbons (Fsp3) is 0.567. The molecule has 0 bridgehead atoms. The number of aryl methyl sites for hydroxylation is 3. The van der Waals surface area contributed by atoms with E-state index in [2.05, 4.69) is 111 Å². The van der Waals surface area contributed by atoms with Gasteiger partial charge in [0.05, 0.1) is 54.2 Å². The summed E-state index contributed by atoms with van der Waals surface area (Å²) in [5, 5.41) is 5.78. The van der Waals surface area contributed by atoms with E-state index < -0.39 is 0 Å². The van der Waals surface area contributed by atoms with E-state index in [0.717, 1.165) is 24.1 Å². The predicted octanol–water partition coefficient (Wildman–Crippen LogP) is 20.9. The molecule has 68 heavy (non-hydrogen) atoms. The third kappa shape index (κ3) is 10.2. The lowest BCUT2D eigenvalue weighted by molar-refractivity contribution is 0.401. The van der Waals surface area contributed by atoms with E-state index in [9.17, 15) is 0 Å². The number of nitrogens with zero attached hydrogens (tertiary/aromatic N) is 5. The van der Waals surface area contributed by atoms with Crippen LogP contribution in [0.15, 0.2) is 48.5 Å². The normalized spacial score (nSPS) is 12.8. The van der Waals surface area contributed by atoms with Crippen LogP contribution in [0.2, 0.25) is 0 Å². The Balaban J connectivity index is 0.00000625. The molecular weight excluding hydrogens is 887 g/mol. The van der Waals surface area contributed by atoms with E-state index >= 15 is 0 Å². The molecule has 0 fully saturated rings. The first-order valence-electron chi connectivity index (χ1n) is 27.1. The van der Waals surface area contributed by atoms with Crippen LogP contribution in [0.4, 0.5) is 0 Å². The van der Waals surface area contributed by atoms with Crippen molar-refractivity contribution < 1.29 is 0 Å². The van der Waals surface area contributed by atoms with Crippen molar-refractivity contribution in [3.8, 4) is 10.4 Å². The van der Waals surface area contributed by atoms with Crippen LogP contribution in [-0.2, 0) is 13.1 Å². The Labute approximate surface area is 421 Å². The molecule has 1 unspecified atom stereocenters. The summed E-state index contributed by atoms with van der Waals surface area (Å²) in [6.45, 7) is 18.4. The zero-order valence-electron chi connectivity index (χ0n) is 42.2. The van der Waals surface area contributed by atoms with Crippen LogP contribution in [0.3, 0.4) is 0 Å². The first-order valence-corrected chi connectivity index (χ1v) is 29.4.